The van der Waals surface area contributed by atoms with Gasteiger partial charge in [-0.3, -0.25) is 4.79 Å². The number of amides is 1. The number of rotatable bonds is 4. The molecular weight excluding hydrogens is 300 g/mol. The molecule has 3 rings (SSSR count). The molecule has 0 aromatic heterocycles. The molecule has 0 radical (unpaired) electrons. The zero-order valence-electron chi connectivity index (χ0n) is 14.7. The molecule has 1 aromatic rings. The molecule has 1 heterocycles. The van der Waals surface area contributed by atoms with Crippen molar-refractivity contribution in [3.8, 4) is 0 Å². The Bertz CT molecular complexity index is 528. The molecule has 4 heteroatoms. The van der Waals surface area contributed by atoms with E-state index >= 15 is 0 Å². The standard InChI is InChI=1S/C20H30N2O2/c1-21-12-7-13-22(15-14-21)20(24)19(23)18(17-10-5-6-11-17)16-8-3-2-4-9-16/h2-4,8-9,17-19,23H,5-7,10-15H2,1H3. The lowest BCUT2D eigenvalue weighted by atomic mass is 9.80. The summed E-state index contributed by atoms with van der Waals surface area (Å²) in [5.74, 6) is 0.272. The number of nitrogens with zero attached hydrogens (tertiary/aromatic N) is 2. The summed E-state index contributed by atoms with van der Waals surface area (Å²) >= 11 is 0. The molecule has 1 N–H and O–H groups in total. The van der Waals surface area contributed by atoms with Gasteiger partial charge in [0, 0.05) is 25.6 Å². The van der Waals surface area contributed by atoms with Crippen molar-refractivity contribution in [3.05, 3.63) is 35.9 Å². The quantitative estimate of drug-likeness (QED) is 0.922. The molecule has 0 bridgehead atoms. The van der Waals surface area contributed by atoms with E-state index in [0.717, 1.165) is 51.0 Å². The van der Waals surface area contributed by atoms with Crippen molar-refractivity contribution < 1.29 is 9.90 Å². The Morgan fingerprint density at radius 1 is 1.04 bits per heavy atom. The largest absolute Gasteiger partial charge is 0.383 e. The third-order valence-electron chi connectivity index (χ3n) is 5.72. The van der Waals surface area contributed by atoms with Crippen LogP contribution in [0, 0.1) is 5.92 Å². The Labute approximate surface area is 145 Å². The molecule has 1 aliphatic heterocycles. The first-order valence-electron chi connectivity index (χ1n) is 9.37. The van der Waals surface area contributed by atoms with Crippen LogP contribution in [0.5, 0.6) is 0 Å². The lowest BCUT2D eigenvalue weighted by molar-refractivity contribution is -0.142. The predicted molar refractivity (Wildman–Crippen MR) is 95.8 cm³/mol. The van der Waals surface area contributed by atoms with E-state index < -0.39 is 6.10 Å². The van der Waals surface area contributed by atoms with Gasteiger partial charge in [0.05, 0.1) is 0 Å². The van der Waals surface area contributed by atoms with Crippen LogP contribution < -0.4 is 0 Å². The minimum absolute atomic E-state index is 0.0674. The van der Waals surface area contributed by atoms with Crippen molar-refractivity contribution in [2.45, 2.75) is 44.1 Å². The number of hydrogen-bond acceptors (Lipinski definition) is 3. The summed E-state index contributed by atoms with van der Waals surface area (Å²) in [6.45, 7) is 3.38. The van der Waals surface area contributed by atoms with Gasteiger partial charge in [-0.05, 0) is 44.3 Å². The monoisotopic (exact) mass is 330 g/mol. The maximum absolute atomic E-state index is 13.0. The number of carbonyl (C=O) groups excluding carboxylic acids is 1. The summed E-state index contributed by atoms with van der Waals surface area (Å²) in [7, 11) is 2.09. The highest BCUT2D eigenvalue weighted by Gasteiger charge is 2.37. The summed E-state index contributed by atoms with van der Waals surface area (Å²) in [5.41, 5.74) is 1.11. The van der Waals surface area contributed by atoms with Gasteiger partial charge in [-0.25, -0.2) is 0 Å². The van der Waals surface area contributed by atoms with Crippen molar-refractivity contribution in [2.24, 2.45) is 5.92 Å². The van der Waals surface area contributed by atoms with Gasteiger partial charge in [-0.1, -0.05) is 43.2 Å². The topological polar surface area (TPSA) is 43.8 Å². The maximum Gasteiger partial charge on any atom is 0.252 e. The van der Waals surface area contributed by atoms with E-state index in [4.69, 9.17) is 0 Å². The summed E-state index contributed by atoms with van der Waals surface area (Å²) in [6, 6.07) is 10.1. The number of aliphatic hydroxyl groups excluding tert-OH is 1. The molecule has 1 saturated carbocycles. The molecule has 2 fully saturated rings. The Balaban J connectivity index is 1.77. The van der Waals surface area contributed by atoms with Gasteiger partial charge < -0.3 is 14.9 Å². The molecule has 1 aliphatic carbocycles. The Morgan fingerprint density at radius 3 is 2.46 bits per heavy atom. The van der Waals surface area contributed by atoms with Crippen LogP contribution in [0.4, 0.5) is 0 Å². The molecule has 1 saturated heterocycles. The van der Waals surface area contributed by atoms with Crippen LogP contribution in [0.2, 0.25) is 0 Å². The average Bonchev–Trinajstić information content (AvgIpc) is 3.03. The van der Waals surface area contributed by atoms with Gasteiger partial charge in [0.15, 0.2) is 0 Å². The van der Waals surface area contributed by atoms with Crippen LogP contribution in [-0.4, -0.2) is 60.1 Å². The third-order valence-corrected chi connectivity index (χ3v) is 5.72. The second kappa shape index (κ2) is 8.13. The highest BCUT2D eigenvalue weighted by Crippen LogP contribution is 2.39. The number of hydrogen-bond donors (Lipinski definition) is 1. The van der Waals surface area contributed by atoms with Crippen LogP contribution in [0.15, 0.2) is 30.3 Å². The number of carbonyl (C=O) groups is 1. The lowest BCUT2D eigenvalue weighted by Gasteiger charge is -2.32. The summed E-state index contributed by atoms with van der Waals surface area (Å²) in [6.07, 6.45) is 4.72. The smallest absolute Gasteiger partial charge is 0.252 e. The van der Waals surface area contributed by atoms with Gasteiger partial charge in [-0.15, -0.1) is 0 Å². The van der Waals surface area contributed by atoms with E-state index in [9.17, 15) is 9.90 Å². The Morgan fingerprint density at radius 2 is 1.75 bits per heavy atom. The minimum atomic E-state index is -0.918. The van der Waals surface area contributed by atoms with Crippen LogP contribution in [0.1, 0.15) is 43.6 Å². The Kier molecular flexibility index (Phi) is 5.90. The predicted octanol–water partition coefficient (Wildman–Crippen LogP) is 2.49. The summed E-state index contributed by atoms with van der Waals surface area (Å²) < 4.78 is 0. The SMILES string of the molecule is CN1CCCN(C(=O)C(O)C(c2ccccc2)C2CCCC2)CC1. The van der Waals surface area contributed by atoms with E-state index in [0.29, 0.717) is 5.92 Å². The van der Waals surface area contributed by atoms with E-state index in [1.54, 1.807) is 0 Å². The number of benzene rings is 1. The van der Waals surface area contributed by atoms with E-state index in [1.165, 1.54) is 12.8 Å². The second-order valence-corrected chi connectivity index (χ2v) is 7.41. The number of aliphatic hydroxyl groups is 1. The highest BCUT2D eigenvalue weighted by molar-refractivity contribution is 5.82. The maximum atomic E-state index is 13.0. The van der Waals surface area contributed by atoms with Crippen LogP contribution in [0.3, 0.4) is 0 Å². The fourth-order valence-electron chi connectivity index (χ4n) is 4.31. The molecule has 2 aliphatic rings. The molecule has 0 spiro atoms. The fraction of sp³-hybridized carbons (Fsp3) is 0.650. The minimum Gasteiger partial charge on any atom is -0.383 e. The molecule has 2 unspecified atom stereocenters. The van der Waals surface area contributed by atoms with Crippen molar-refractivity contribution >= 4 is 5.91 Å². The second-order valence-electron chi connectivity index (χ2n) is 7.41. The fourth-order valence-corrected chi connectivity index (χ4v) is 4.31. The van der Waals surface area contributed by atoms with Crippen molar-refractivity contribution in [1.29, 1.82) is 0 Å². The van der Waals surface area contributed by atoms with E-state index in [-0.39, 0.29) is 11.8 Å². The first-order valence-corrected chi connectivity index (χ1v) is 9.37. The number of likely N-dealkylation sites (N-methyl/N-ethyl adjacent to an activating group) is 1. The first kappa shape index (κ1) is 17.4. The van der Waals surface area contributed by atoms with Crippen LogP contribution >= 0.6 is 0 Å². The summed E-state index contributed by atoms with van der Waals surface area (Å²) in [4.78, 5) is 17.1. The van der Waals surface area contributed by atoms with E-state index in [1.807, 2.05) is 23.1 Å². The first-order chi connectivity index (χ1) is 11.7. The molecular formula is C20H30N2O2. The highest BCUT2D eigenvalue weighted by atomic mass is 16.3. The molecule has 1 aromatic carbocycles. The van der Waals surface area contributed by atoms with Gasteiger partial charge in [0.2, 0.25) is 0 Å². The van der Waals surface area contributed by atoms with Crippen molar-refractivity contribution in [1.82, 2.24) is 9.80 Å². The zero-order chi connectivity index (χ0) is 16.9. The molecule has 132 valence electrons. The van der Waals surface area contributed by atoms with Gasteiger partial charge >= 0.3 is 0 Å². The normalized spacial score (nSPS) is 23.0. The van der Waals surface area contributed by atoms with Crippen LogP contribution in [-0.2, 0) is 4.79 Å². The molecule has 2 atom stereocenters. The zero-order valence-corrected chi connectivity index (χ0v) is 14.7. The molecule has 1 amide bonds. The van der Waals surface area contributed by atoms with Crippen LogP contribution in [0.25, 0.3) is 0 Å². The van der Waals surface area contributed by atoms with Crippen molar-refractivity contribution in [2.75, 3.05) is 33.2 Å². The van der Waals surface area contributed by atoms with Gasteiger partial charge in [0.1, 0.15) is 6.10 Å². The van der Waals surface area contributed by atoms with Gasteiger partial charge in [0.25, 0.3) is 5.91 Å². The average molecular weight is 330 g/mol. The Hall–Kier alpha value is -1.39. The van der Waals surface area contributed by atoms with Gasteiger partial charge in [-0.2, -0.15) is 0 Å². The molecule has 4 nitrogen and oxygen atoms in total. The third kappa shape index (κ3) is 3.98. The lowest BCUT2D eigenvalue weighted by Crippen LogP contribution is -2.44. The van der Waals surface area contributed by atoms with Crippen molar-refractivity contribution in [3.63, 3.8) is 0 Å². The summed E-state index contributed by atoms with van der Waals surface area (Å²) in [5, 5.41) is 11.0. The van der Waals surface area contributed by atoms with E-state index in [2.05, 4.69) is 24.1 Å². The molecule has 24 heavy (non-hydrogen) atoms.